The fourth-order valence-corrected chi connectivity index (χ4v) is 2.65. The molecule has 0 spiro atoms. The summed E-state index contributed by atoms with van der Waals surface area (Å²) in [5.74, 6) is 0.337. The second kappa shape index (κ2) is 5.12. The molecule has 0 N–H and O–H groups in total. The van der Waals surface area contributed by atoms with E-state index in [1.54, 1.807) is 15.3 Å². The Morgan fingerprint density at radius 1 is 1.24 bits per heavy atom. The molecule has 0 aliphatic rings. The average Bonchev–Trinajstić information content (AvgIpc) is 2.88. The van der Waals surface area contributed by atoms with Gasteiger partial charge in [0.2, 0.25) is 0 Å². The van der Waals surface area contributed by atoms with E-state index in [4.69, 9.17) is 0 Å². The molecular weight excluding hydrogens is 268 g/mol. The number of para-hydroxylation sites is 2. The first-order valence-corrected chi connectivity index (χ1v) is 6.90. The number of fused-ring (bicyclic) bond motifs is 3. The van der Waals surface area contributed by atoms with Gasteiger partial charge in [0.05, 0.1) is 16.7 Å². The van der Waals surface area contributed by atoms with Gasteiger partial charge in [-0.15, -0.1) is 0 Å². The molecule has 0 aliphatic carbocycles. The largest absolute Gasteiger partial charge is 0.305 e. The summed E-state index contributed by atoms with van der Waals surface area (Å²) in [6.45, 7) is 4.66. The lowest BCUT2D eigenvalue weighted by Gasteiger charge is -2.14. The fraction of sp³-hybridized carbons (Fsp3) is 0.333. The van der Waals surface area contributed by atoms with Crippen molar-refractivity contribution in [1.29, 1.82) is 0 Å². The molecule has 3 rings (SSSR count). The first-order valence-electron chi connectivity index (χ1n) is 6.90. The number of imidazole rings is 1. The quantitative estimate of drug-likeness (QED) is 0.691. The number of nitroso groups, excluding NO2 is 1. The molecule has 0 atom stereocenters. The van der Waals surface area contributed by atoms with E-state index >= 15 is 0 Å². The Kier molecular flexibility index (Phi) is 3.29. The van der Waals surface area contributed by atoms with Crippen molar-refractivity contribution in [1.82, 2.24) is 14.0 Å². The van der Waals surface area contributed by atoms with Crippen LogP contribution in [0.1, 0.15) is 19.5 Å². The molecule has 1 aromatic carbocycles. The van der Waals surface area contributed by atoms with Gasteiger partial charge in [-0.2, -0.15) is 4.91 Å². The van der Waals surface area contributed by atoms with E-state index < -0.39 is 0 Å². The number of hydrogen-bond acceptors (Lipinski definition) is 4. The predicted molar refractivity (Wildman–Crippen MR) is 81.3 cm³/mol. The van der Waals surface area contributed by atoms with Crippen LogP contribution in [0.3, 0.4) is 0 Å². The van der Waals surface area contributed by atoms with Gasteiger partial charge in [-0.05, 0) is 18.1 Å². The summed E-state index contributed by atoms with van der Waals surface area (Å²) in [6.07, 6.45) is 1.58. The van der Waals surface area contributed by atoms with E-state index in [9.17, 15) is 9.70 Å². The van der Waals surface area contributed by atoms with Gasteiger partial charge < -0.3 is 4.57 Å². The van der Waals surface area contributed by atoms with Gasteiger partial charge in [-0.3, -0.25) is 9.20 Å². The van der Waals surface area contributed by atoms with Crippen molar-refractivity contribution in [3.05, 3.63) is 51.5 Å². The van der Waals surface area contributed by atoms with Crippen molar-refractivity contribution in [3.8, 4) is 0 Å². The molecule has 0 saturated heterocycles. The van der Waals surface area contributed by atoms with Crippen LogP contribution in [0.5, 0.6) is 0 Å². The van der Waals surface area contributed by atoms with Crippen molar-refractivity contribution in [2.45, 2.75) is 26.9 Å². The molecule has 108 valence electrons. The summed E-state index contributed by atoms with van der Waals surface area (Å²) in [7, 11) is 0. The van der Waals surface area contributed by atoms with E-state index in [0.717, 1.165) is 11.0 Å². The lowest BCUT2D eigenvalue weighted by molar-refractivity contribution is 0.524. The second-order valence-corrected chi connectivity index (χ2v) is 5.50. The summed E-state index contributed by atoms with van der Waals surface area (Å²) < 4.78 is 3.50. The Balaban J connectivity index is 2.46. The van der Waals surface area contributed by atoms with Crippen LogP contribution in [-0.2, 0) is 13.1 Å². The highest BCUT2D eigenvalue weighted by atomic mass is 16.3. The maximum Gasteiger partial charge on any atom is 0.277 e. The Hall–Kier alpha value is -2.50. The standard InChI is InChI=1S/C15H16N4O2/c1-10(2)8-18-12-5-3-4-6-13(12)19-9-16-11(7-17-21)14(19)15(18)20/h3-6,9-10H,7-8H2,1-2H3. The summed E-state index contributed by atoms with van der Waals surface area (Å²) in [4.78, 5) is 27.5. The first-order chi connectivity index (χ1) is 10.1. The van der Waals surface area contributed by atoms with Crippen molar-refractivity contribution in [3.63, 3.8) is 0 Å². The number of hydrogen-bond donors (Lipinski definition) is 0. The van der Waals surface area contributed by atoms with E-state index in [-0.39, 0.29) is 12.1 Å². The lowest BCUT2D eigenvalue weighted by Crippen LogP contribution is -2.25. The maximum atomic E-state index is 12.8. The summed E-state index contributed by atoms with van der Waals surface area (Å²) >= 11 is 0. The monoisotopic (exact) mass is 284 g/mol. The fourth-order valence-electron chi connectivity index (χ4n) is 2.65. The summed E-state index contributed by atoms with van der Waals surface area (Å²) in [5, 5.41) is 2.87. The minimum absolute atomic E-state index is 0.0915. The third-order valence-corrected chi connectivity index (χ3v) is 3.49. The van der Waals surface area contributed by atoms with Crippen LogP contribution in [0.25, 0.3) is 16.6 Å². The molecular formula is C15H16N4O2. The second-order valence-electron chi connectivity index (χ2n) is 5.50. The summed E-state index contributed by atoms with van der Waals surface area (Å²) in [5.41, 5.74) is 2.51. The number of aromatic nitrogens is 3. The smallest absolute Gasteiger partial charge is 0.277 e. The van der Waals surface area contributed by atoms with Crippen LogP contribution < -0.4 is 5.56 Å². The lowest BCUT2D eigenvalue weighted by atomic mass is 10.2. The van der Waals surface area contributed by atoms with E-state index in [1.165, 1.54) is 0 Å². The SMILES string of the molecule is CC(C)Cn1c(=O)c2c(CN=O)ncn2c2ccccc21. The Labute approximate surface area is 121 Å². The molecule has 21 heavy (non-hydrogen) atoms. The molecule has 6 heteroatoms. The van der Waals surface area contributed by atoms with E-state index in [1.807, 2.05) is 24.3 Å². The zero-order valence-corrected chi connectivity index (χ0v) is 12.0. The van der Waals surface area contributed by atoms with Gasteiger partial charge in [-0.25, -0.2) is 4.98 Å². The van der Waals surface area contributed by atoms with Crippen LogP contribution in [0.15, 0.2) is 40.6 Å². The molecule has 0 radical (unpaired) electrons. The third kappa shape index (κ3) is 2.12. The Morgan fingerprint density at radius 3 is 2.62 bits per heavy atom. The van der Waals surface area contributed by atoms with Crippen molar-refractivity contribution in [2.24, 2.45) is 11.1 Å². The van der Waals surface area contributed by atoms with Crippen LogP contribution in [-0.4, -0.2) is 14.0 Å². The average molecular weight is 284 g/mol. The summed E-state index contributed by atoms with van der Waals surface area (Å²) in [6, 6.07) is 7.70. The third-order valence-electron chi connectivity index (χ3n) is 3.49. The van der Waals surface area contributed by atoms with Gasteiger partial charge >= 0.3 is 0 Å². The van der Waals surface area contributed by atoms with Gasteiger partial charge in [0.1, 0.15) is 18.4 Å². The van der Waals surface area contributed by atoms with Crippen LogP contribution in [0.4, 0.5) is 0 Å². The maximum absolute atomic E-state index is 12.8. The van der Waals surface area contributed by atoms with Gasteiger partial charge in [-0.1, -0.05) is 31.2 Å². The van der Waals surface area contributed by atoms with Gasteiger partial charge in [0, 0.05) is 6.54 Å². The first kappa shape index (κ1) is 13.5. The molecule has 3 aromatic rings. The van der Waals surface area contributed by atoms with Crippen molar-refractivity contribution < 1.29 is 0 Å². The minimum Gasteiger partial charge on any atom is -0.305 e. The van der Waals surface area contributed by atoms with Gasteiger partial charge in [0.25, 0.3) is 5.56 Å². The highest BCUT2D eigenvalue weighted by Crippen LogP contribution is 2.17. The van der Waals surface area contributed by atoms with Gasteiger partial charge in [0.15, 0.2) is 0 Å². The molecule has 6 nitrogen and oxygen atoms in total. The zero-order valence-electron chi connectivity index (χ0n) is 12.0. The number of rotatable bonds is 4. The van der Waals surface area contributed by atoms with Crippen molar-refractivity contribution in [2.75, 3.05) is 0 Å². The molecule has 0 saturated carbocycles. The molecule has 2 aromatic heterocycles. The molecule has 0 unspecified atom stereocenters. The molecule has 0 bridgehead atoms. The predicted octanol–water partition coefficient (Wildman–Crippen LogP) is 2.57. The molecule has 2 heterocycles. The minimum atomic E-state index is -0.126. The highest BCUT2D eigenvalue weighted by molar-refractivity contribution is 5.79. The zero-order chi connectivity index (χ0) is 15.0. The number of benzene rings is 1. The highest BCUT2D eigenvalue weighted by Gasteiger charge is 2.16. The van der Waals surface area contributed by atoms with Crippen LogP contribution in [0, 0.1) is 10.8 Å². The van der Waals surface area contributed by atoms with Crippen LogP contribution in [0.2, 0.25) is 0 Å². The normalized spacial score (nSPS) is 11.6. The van der Waals surface area contributed by atoms with E-state index in [0.29, 0.717) is 23.7 Å². The Bertz CT molecular complexity index is 876. The molecule has 0 aliphatic heterocycles. The number of nitrogens with zero attached hydrogens (tertiary/aromatic N) is 4. The van der Waals surface area contributed by atoms with Crippen molar-refractivity contribution >= 4 is 16.6 Å². The van der Waals surface area contributed by atoms with E-state index in [2.05, 4.69) is 24.0 Å². The molecule has 0 fully saturated rings. The van der Waals surface area contributed by atoms with Crippen LogP contribution >= 0.6 is 0 Å². The Morgan fingerprint density at radius 2 is 1.95 bits per heavy atom. The topological polar surface area (TPSA) is 68.7 Å². The molecule has 0 amide bonds.